The van der Waals surface area contributed by atoms with E-state index in [0.717, 1.165) is 11.4 Å². The van der Waals surface area contributed by atoms with Gasteiger partial charge in [0.1, 0.15) is 5.75 Å². The van der Waals surface area contributed by atoms with E-state index in [1.165, 1.54) is 15.2 Å². The van der Waals surface area contributed by atoms with Crippen LogP contribution in [0.5, 0.6) is 5.75 Å². The Morgan fingerprint density at radius 3 is 2.55 bits per heavy atom. The number of nitrogens with one attached hydrogen (secondary N) is 1. The molecule has 10 nitrogen and oxygen atoms in total. The van der Waals surface area contributed by atoms with E-state index < -0.39 is 15.9 Å². The highest BCUT2D eigenvalue weighted by molar-refractivity contribution is 7.89. The van der Waals surface area contributed by atoms with E-state index in [4.69, 9.17) is 9.47 Å². The third-order valence-electron chi connectivity index (χ3n) is 5.32. The molecule has 2 heterocycles. The molecule has 1 amide bonds. The predicted octanol–water partition coefficient (Wildman–Crippen LogP) is 1.49. The number of amides is 1. The molecule has 0 atom stereocenters. The number of carbonyl (C=O) groups excluding carboxylic acids is 1. The largest absolute Gasteiger partial charge is 0.492 e. The number of benzene rings is 1. The van der Waals surface area contributed by atoms with Crippen LogP contribution >= 0.6 is 0 Å². The van der Waals surface area contributed by atoms with Crippen LogP contribution in [-0.2, 0) is 21.8 Å². The molecule has 1 saturated heterocycles. The summed E-state index contributed by atoms with van der Waals surface area (Å²) in [5.41, 5.74) is 0.999. The van der Waals surface area contributed by atoms with Gasteiger partial charge in [-0.1, -0.05) is 12.1 Å². The molecule has 0 radical (unpaired) electrons. The highest BCUT2D eigenvalue weighted by Crippen LogP contribution is 2.30. The number of ether oxygens (including phenoxy) is 2. The summed E-state index contributed by atoms with van der Waals surface area (Å²) >= 11 is 0. The van der Waals surface area contributed by atoms with Gasteiger partial charge in [-0.3, -0.25) is 9.48 Å². The number of para-hydroxylation sites is 2. The van der Waals surface area contributed by atoms with Crippen molar-refractivity contribution in [3.63, 3.8) is 0 Å². The van der Waals surface area contributed by atoms with E-state index in [-0.39, 0.29) is 23.7 Å². The Morgan fingerprint density at radius 2 is 1.85 bits per heavy atom. The Bertz CT molecular complexity index is 1030. The van der Waals surface area contributed by atoms with Gasteiger partial charge < -0.3 is 19.7 Å². The van der Waals surface area contributed by atoms with Crippen molar-refractivity contribution >= 4 is 21.6 Å². The monoisotopic (exact) mass is 479 g/mol. The molecule has 33 heavy (non-hydrogen) atoms. The third-order valence-corrected chi connectivity index (χ3v) is 7.16. The normalized spacial score (nSPS) is 14.9. The van der Waals surface area contributed by atoms with Crippen molar-refractivity contribution in [2.24, 2.45) is 7.05 Å². The molecule has 0 bridgehead atoms. The van der Waals surface area contributed by atoms with Crippen LogP contribution in [0.25, 0.3) is 0 Å². The highest BCUT2D eigenvalue weighted by atomic mass is 32.2. The van der Waals surface area contributed by atoms with Crippen LogP contribution in [0.3, 0.4) is 0 Å². The Balaban J connectivity index is 1.69. The fourth-order valence-electron chi connectivity index (χ4n) is 3.72. The molecule has 1 N–H and O–H groups in total. The van der Waals surface area contributed by atoms with Crippen LogP contribution < -0.4 is 15.0 Å². The molecule has 2 aromatic rings. The molecule has 0 unspecified atom stereocenters. The zero-order valence-corrected chi connectivity index (χ0v) is 20.3. The molecular weight excluding hydrogens is 446 g/mol. The summed E-state index contributed by atoms with van der Waals surface area (Å²) in [4.78, 5) is 14.8. The number of rotatable bonds is 11. The van der Waals surface area contributed by atoms with E-state index >= 15 is 0 Å². The van der Waals surface area contributed by atoms with Gasteiger partial charge in [-0.2, -0.15) is 9.40 Å². The van der Waals surface area contributed by atoms with E-state index in [2.05, 4.69) is 15.3 Å². The second-order valence-electron chi connectivity index (χ2n) is 7.62. The summed E-state index contributed by atoms with van der Waals surface area (Å²) in [6.45, 7) is 7.53. The second kappa shape index (κ2) is 11.5. The van der Waals surface area contributed by atoms with Crippen LogP contribution in [0, 0.1) is 0 Å². The summed E-state index contributed by atoms with van der Waals surface area (Å²) in [5.74, 6) is 0.326. The molecule has 11 heteroatoms. The Hall–Kier alpha value is -2.63. The van der Waals surface area contributed by atoms with Gasteiger partial charge >= 0.3 is 0 Å². The smallest absolute Gasteiger partial charge is 0.263 e. The number of anilines is 1. The van der Waals surface area contributed by atoms with Crippen LogP contribution in [-0.4, -0.2) is 81.0 Å². The molecule has 1 fully saturated rings. The summed E-state index contributed by atoms with van der Waals surface area (Å²) < 4.78 is 40.4. The van der Waals surface area contributed by atoms with Crippen molar-refractivity contribution < 1.29 is 22.7 Å². The predicted molar refractivity (Wildman–Crippen MR) is 125 cm³/mol. The Kier molecular flexibility index (Phi) is 8.70. The Labute approximate surface area is 195 Å². The van der Waals surface area contributed by atoms with E-state index in [1.807, 2.05) is 38.1 Å². The quantitative estimate of drug-likeness (QED) is 0.487. The minimum absolute atomic E-state index is 0.0537. The van der Waals surface area contributed by atoms with Gasteiger partial charge in [-0.25, -0.2) is 8.42 Å². The standard InChI is InChI=1S/C22H33N5O5S/c1-4-31-16-8-11-23-21(28)18-17-25(3)24-22(18)33(29,30)27-14-12-26(13-15-27)19-9-6-7-10-20(19)32-5-2/h6-7,9-10,17H,4-5,8,11-16H2,1-3H3,(H,23,28). The van der Waals surface area contributed by atoms with Crippen LogP contribution in [0.15, 0.2) is 35.5 Å². The molecule has 1 aliphatic heterocycles. The first-order valence-corrected chi connectivity index (χ1v) is 12.7. The van der Waals surface area contributed by atoms with Gasteiger partial charge in [0.2, 0.25) is 5.03 Å². The van der Waals surface area contributed by atoms with Crippen LogP contribution in [0.2, 0.25) is 0 Å². The van der Waals surface area contributed by atoms with E-state index in [0.29, 0.717) is 45.9 Å². The lowest BCUT2D eigenvalue weighted by Crippen LogP contribution is -2.49. The molecule has 1 aliphatic rings. The van der Waals surface area contributed by atoms with Crippen molar-refractivity contribution in [3.8, 4) is 5.75 Å². The molecule has 182 valence electrons. The maximum Gasteiger partial charge on any atom is 0.263 e. The average molecular weight is 480 g/mol. The zero-order valence-electron chi connectivity index (χ0n) is 19.5. The van der Waals surface area contributed by atoms with Gasteiger partial charge in [-0.05, 0) is 32.4 Å². The summed E-state index contributed by atoms with van der Waals surface area (Å²) in [6.07, 6.45) is 2.09. The minimum Gasteiger partial charge on any atom is -0.492 e. The average Bonchev–Trinajstić information content (AvgIpc) is 3.22. The number of nitrogens with zero attached hydrogens (tertiary/aromatic N) is 4. The fraction of sp³-hybridized carbons (Fsp3) is 0.545. The highest BCUT2D eigenvalue weighted by Gasteiger charge is 2.34. The van der Waals surface area contributed by atoms with Crippen molar-refractivity contribution in [2.45, 2.75) is 25.3 Å². The first-order chi connectivity index (χ1) is 15.9. The third kappa shape index (κ3) is 6.04. The fourth-order valence-corrected chi connectivity index (χ4v) is 5.26. The molecular formula is C22H33N5O5S. The molecule has 1 aromatic heterocycles. The van der Waals surface area contributed by atoms with E-state index in [1.54, 1.807) is 7.05 Å². The minimum atomic E-state index is -3.92. The summed E-state index contributed by atoms with van der Waals surface area (Å²) in [6, 6.07) is 7.74. The molecule has 0 aliphatic carbocycles. The summed E-state index contributed by atoms with van der Waals surface area (Å²) in [7, 11) is -2.32. The van der Waals surface area contributed by atoms with E-state index in [9.17, 15) is 13.2 Å². The number of piperazine rings is 1. The van der Waals surface area contributed by atoms with Gasteiger partial charge in [0, 0.05) is 59.2 Å². The molecule has 0 saturated carbocycles. The first-order valence-electron chi connectivity index (χ1n) is 11.2. The zero-order chi connectivity index (χ0) is 23.8. The van der Waals surface area contributed by atoms with Gasteiger partial charge in [-0.15, -0.1) is 0 Å². The van der Waals surface area contributed by atoms with Crippen molar-refractivity contribution in [2.75, 3.05) is 57.4 Å². The lowest BCUT2D eigenvalue weighted by Gasteiger charge is -2.35. The van der Waals surface area contributed by atoms with Crippen molar-refractivity contribution in [1.29, 1.82) is 0 Å². The topological polar surface area (TPSA) is 106 Å². The second-order valence-corrected chi connectivity index (χ2v) is 9.47. The van der Waals surface area contributed by atoms with Crippen molar-refractivity contribution in [1.82, 2.24) is 19.4 Å². The first kappa shape index (κ1) is 25.0. The van der Waals surface area contributed by atoms with Gasteiger partial charge in [0.05, 0.1) is 17.9 Å². The van der Waals surface area contributed by atoms with Gasteiger partial charge in [0.25, 0.3) is 15.9 Å². The SMILES string of the molecule is CCOCCCNC(=O)c1cn(C)nc1S(=O)(=O)N1CCN(c2ccccc2OCC)CC1. The lowest BCUT2D eigenvalue weighted by molar-refractivity contribution is 0.0940. The molecule has 0 spiro atoms. The summed E-state index contributed by atoms with van der Waals surface area (Å²) in [5, 5.41) is 6.66. The lowest BCUT2D eigenvalue weighted by atomic mass is 10.2. The maximum atomic E-state index is 13.4. The molecule has 3 rings (SSSR count). The Morgan fingerprint density at radius 1 is 1.12 bits per heavy atom. The number of hydrogen-bond donors (Lipinski definition) is 1. The maximum absolute atomic E-state index is 13.4. The number of sulfonamides is 1. The van der Waals surface area contributed by atoms with Crippen molar-refractivity contribution in [3.05, 3.63) is 36.0 Å². The van der Waals surface area contributed by atoms with Gasteiger partial charge in [0.15, 0.2) is 0 Å². The number of carbonyl (C=O) groups is 1. The number of aromatic nitrogens is 2. The number of hydrogen-bond acceptors (Lipinski definition) is 7. The number of aryl methyl sites for hydroxylation is 1. The molecule has 1 aromatic carbocycles. The van der Waals surface area contributed by atoms with Crippen LogP contribution in [0.4, 0.5) is 5.69 Å². The van der Waals surface area contributed by atoms with Crippen LogP contribution in [0.1, 0.15) is 30.6 Å².